The molecule has 0 aromatic carbocycles. The molecule has 0 saturated heterocycles. The molecule has 0 radical (unpaired) electrons. The van der Waals surface area contributed by atoms with Crippen LogP contribution in [0.25, 0.3) is 0 Å². The van der Waals surface area contributed by atoms with Gasteiger partial charge in [0.1, 0.15) is 5.69 Å². The Morgan fingerprint density at radius 2 is 2.26 bits per heavy atom. The summed E-state index contributed by atoms with van der Waals surface area (Å²) < 4.78 is 6.14. The molecular weight excluding hydrogens is 246 g/mol. The summed E-state index contributed by atoms with van der Waals surface area (Å²) in [4.78, 5) is 23.5. The largest absolute Gasteiger partial charge is 0.383 e. The first kappa shape index (κ1) is 15.4. The number of carbonyl (C=O) groups is 1. The first-order valence-corrected chi connectivity index (χ1v) is 6.46. The molecule has 0 aliphatic heterocycles. The first-order valence-electron chi connectivity index (χ1n) is 6.46. The van der Waals surface area contributed by atoms with Crippen molar-refractivity contribution < 1.29 is 9.53 Å². The summed E-state index contributed by atoms with van der Waals surface area (Å²) in [5.74, 6) is -0.257. The van der Waals surface area contributed by atoms with E-state index in [1.165, 1.54) is 16.8 Å². The SMILES string of the molecule is CCCC(C)NC(=O)c1ccc(=O)n(CCOC)n1. The highest BCUT2D eigenvalue weighted by Gasteiger charge is 2.12. The molecule has 1 amide bonds. The monoisotopic (exact) mass is 267 g/mol. The van der Waals surface area contributed by atoms with Gasteiger partial charge in [-0.25, -0.2) is 4.68 Å². The number of amides is 1. The topological polar surface area (TPSA) is 73.2 Å². The number of hydrogen-bond donors (Lipinski definition) is 1. The van der Waals surface area contributed by atoms with Crippen molar-refractivity contribution >= 4 is 5.91 Å². The number of rotatable bonds is 7. The second kappa shape index (κ2) is 7.68. The van der Waals surface area contributed by atoms with Gasteiger partial charge in [-0.05, 0) is 19.4 Å². The molecule has 0 aliphatic carbocycles. The molecule has 6 nitrogen and oxygen atoms in total. The van der Waals surface area contributed by atoms with E-state index in [4.69, 9.17) is 4.74 Å². The molecule has 1 heterocycles. The zero-order chi connectivity index (χ0) is 14.3. The Kier molecular flexibility index (Phi) is 6.21. The molecule has 1 rings (SSSR count). The molecular formula is C13H21N3O3. The summed E-state index contributed by atoms with van der Waals surface area (Å²) >= 11 is 0. The van der Waals surface area contributed by atoms with Gasteiger partial charge in [0, 0.05) is 19.2 Å². The van der Waals surface area contributed by atoms with E-state index in [9.17, 15) is 9.59 Å². The molecule has 0 aliphatic rings. The van der Waals surface area contributed by atoms with Crippen LogP contribution < -0.4 is 10.9 Å². The molecule has 6 heteroatoms. The van der Waals surface area contributed by atoms with Gasteiger partial charge in [0.05, 0.1) is 13.2 Å². The normalized spacial score (nSPS) is 12.2. The highest BCUT2D eigenvalue weighted by Crippen LogP contribution is 1.98. The van der Waals surface area contributed by atoms with Gasteiger partial charge >= 0.3 is 0 Å². The van der Waals surface area contributed by atoms with Crippen LogP contribution in [0.15, 0.2) is 16.9 Å². The predicted molar refractivity (Wildman–Crippen MR) is 72.2 cm³/mol. The molecule has 106 valence electrons. The average Bonchev–Trinajstić information content (AvgIpc) is 2.37. The maximum Gasteiger partial charge on any atom is 0.271 e. The van der Waals surface area contributed by atoms with Gasteiger partial charge in [-0.15, -0.1) is 0 Å². The number of carbonyl (C=O) groups excluding carboxylic acids is 1. The smallest absolute Gasteiger partial charge is 0.271 e. The number of nitrogens with zero attached hydrogens (tertiary/aromatic N) is 2. The Bertz CT molecular complexity index is 470. The zero-order valence-corrected chi connectivity index (χ0v) is 11.7. The van der Waals surface area contributed by atoms with Gasteiger partial charge < -0.3 is 10.1 Å². The Morgan fingerprint density at radius 3 is 2.89 bits per heavy atom. The fourth-order valence-corrected chi connectivity index (χ4v) is 1.71. The molecule has 0 spiro atoms. The first-order chi connectivity index (χ1) is 9.08. The number of aromatic nitrogens is 2. The minimum atomic E-state index is -0.257. The van der Waals surface area contributed by atoms with E-state index in [2.05, 4.69) is 17.3 Å². The molecule has 1 N–H and O–H groups in total. The Morgan fingerprint density at radius 1 is 1.53 bits per heavy atom. The van der Waals surface area contributed by atoms with Crippen LogP contribution in [-0.2, 0) is 11.3 Å². The molecule has 19 heavy (non-hydrogen) atoms. The number of ether oxygens (including phenoxy) is 1. The minimum absolute atomic E-state index is 0.0960. The van der Waals surface area contributed by atoms with Crippen LogP contribution in [0.4, 0.5) is 0 Å². The van der Waals surface area contributed by atoms with Crippen molar-refractivity contribution in [2.75, 3.05) is 13.7 Å². The van der Waals surface area contributed by atoms with Gasteiger partial charge in [0.2, 0.25) is 0 Å². The molecule has 1 unspecified atom stereocenters. The van der Waals surface area contributed by atoms with E-state index in [0.29, 0.717) is 13.2 Å². The Labute approximate surface area is 112 Å². The molecule has 1 atom stereocenters. The second-order valence-electron chi connectivity index (χ2n) is 4.44. The van der Waals surface area contributed by atoms with Crippen molar-refractivity contribution in [1.82, 2.24) is 15.1 Å². The molecule has 1 aromatic rings. The quantitative estimate of drug-likeness (QED) is 0.793. The van der Waals surface area contributed by atoms with Gasteiger partial charge in [-0.1, -0.05) is 13.3 Å². The van der Waals surface area contributed by atoms with Crippen LogP contribution in [0.2, 0.25) is 0 Å². The maximum atomic E-state index is 11.9. The minimum Gasteiger partial charge on any atom is -0.383 e. The van der Waals surface area contributed by atoms with E-state index in [0.717, 1.165) is 12.8 Å². The van der Waals surface area contributed by atoms with E-state index in [-0.39, 0.29) is 23.2 Å². The third-order valence-electron chi connectivity index (χ3n) is 2.71. The van der Waals surface area contributed by atoms with Crippen LogP contribution in [-0.4, -0.2) is 35.4 Å². The summed E-state index contributed by atoms with van der Waals surface area (Å²) in [5, 5.41) is 6.89. The lowest BCUT2D eigenvalue weighted by Crippen LogP contribution is -2.35. The van der Waals surface area contributed by atoms with Gasteiger partial charge in [-0.3, -0.25) is 9.59 Å². The summed E-state index contributed by atoms with van der Waals surface area (Å²) in [6, 6.07) is 2.89. The van der Waals surface area contributed by atoms with Crippen LogP contribution in [0.5, 0.6) is 0 Å². The summed E-state index contributed by atoms with van der Waals surface area (Å²) in [6.07, 6.45) is 1.91. The average molecular weight is 267 g/mol. The summed E-state index contributed by atoms with van der Waals surface area (Å²) in [6.45, 7) is 4.72. The molecule has 0 saturated carbocycles. The van der Waals surface area contributed by atoms with Crippen LogP contribution in [0.1, 0.15) is 37.2 Å². The third kappa shape index (κ3) is 4.82. The van der Waals surface area contributed by atoms with E-state index in [1.807, 2.05) is 6.92 Å². The van der Waals surface area contributed by atoms with Gasteiger partial charge in [-0.2, -0.15) is 5.10 Å². The number of methoxy groups -OCH3 is 1. The van der Waals surface area contributed by atoms with Crippen LogP contribution in [0.3, 0.4) is 0 Å². The third-order valence-corrected chi connectivity index (χ3v) is 2.71. The van der Waals surface area contributed by atoms with Gasteiger partial charge in [0.25, 0.3) is 11.5 Å². The molecule has 1 aromatic heterocycles. The van der Waals surface area contributed by atoms with Crippen molar-refractivity contribution in [3.63, 3.8) is 0 Å². The van der Waals surface area contributed by atoms with E-state index in [1.54, 1.807) is 7.11 Å². The zero-order valence-electron chi connectivity index (χ0n) is 11.7. The van der Waals surface area contributed by atoms with Crippen molar-refractivity contribution in [1.29, 1.82) is 0 Å². The van der Waals surface area contributed by atoms with E-state index >= 15 is 0 Å². The molecule has 0 fully saturated rings. The molecule has 0 bridgehead atoms. The standard InChI is InChI=1S/C13H21N3O3/c1-4-5-10(2)14-13(18)11-6-7-12(17)16(15-11)8-9-19-3/h6-7,10H,4-5,8-9H2,1-3H3,(H,14,18). The lowest BCUT2D eigenvalue weighted by molar-refractivity contribution is 0.0929. The Balaban J connectivity index is 2.77. The van der Waals surface area contributed by atoms with Crippen molar-refractivity contribution in [3.8, 4) is 0 Å². The Hall–Kier alpha value is -1.69. The van der Waals surface area contributed by atoms with Crippen molar-refractivity contribution in [3.05, 3.63) is 28.2 Å². The van der Waals surface area contributed by atoms with Crippen molar-refractivity contribution in [2.24, 2.45) is 0 Å². The van der Waals surface area contributed by atoms with E-state index < -0.39 is 0 Å². The summed E-state index contributed by atoms with van der Waals surface area (Å²) in [7, 11) is 1.55. The van der Waals surface area contributed by atoms with Crippen LogP contribution in [0, 0.1) is 0 Å². The van der Waals surface area contributed by atoms with Gasteiger partial charge in [0.15, 0.2) is 0 Å². The fraction of sp³-hybridized carbons (Fsp3) is 0.615. The predicted octanol–water partition coefficient (Wildman–Crippen LogP) is 0.808. The number of nitrogens with one attached hydrogen (secondary N) is 1. The lowest BCUT2D eigenvalue weighted by Gasteiger charge is -2.12. The highest BCUT2D eigenvalue weighted by atomic mass is 16.5. The lowest BCUT2D eigenvalue weighted by atomic mass is 10.2. The highest BCUT2D eigenvalue weighted by molar-refractivity contribution is 5.92. The van der Waals surface area contributed by atoms with Crippen molar-refractivity contribution in [2.45, 2.75) is 39.3 Å². The maximum absolute atomic E-state index is 11.9. The number of hydrogen-bond acceptors (Lipinski definition) is 4. The fourth-order valence-electron chi connectivity index (χ4n) is 1.71. The van der Waals surface area contributed by atoms with Crippen LogP contribution >= 0.6 is 0 Å². The summed E-state index contributed by atoms with van der Waals surface area (Å²) in [5.41, 5.74) is 0.00821. The second-order valence-corrected chi connectivity index (χ2v) is 4.44.